The number of hydrogen-bond acceptors (Lipinski definition) is 5. The lowest BCUT2D eigenvalue weighted by molar-refractivity contribution is -0.170. The van der Waals surface area contributed by atoms with Crippen molar-refractivity contribution in [3.63, 3.8) is 0 Å². The zero-order valence-electron chi connectivity index (χ0n) is 11.5. The highest BCUT2D eigenvalue weighted by atomic mass is 16.6. The van der Waals surface area contributed by atoms with E-state index >= 15 is 0 Å². The first-order valence-corrected chi connectivity index (χ1v) is 6.29. The standard InChI is InChI=1S/C14H19NO4/c1-4-18-12(16)14(3,13(17)19-5-2)10-11-8-6-7-9-15-11/h6-9H,4-5,10H2,1-3H3. The van der Waals surface area contributed by atoms with E-state index in [1.165, 1.54) is 6.92 Å². The van der Waals surface area contributed by atoms with Gasteiger partial charge in [0, 0.05) is 18.3 Å². The van der Waals surface area contributed by atoms with Gasteiger partial charge < -0.3 is 9.47 Å². The van der Waals surface area contributed by atoms with E-state index in [2.05, 4.69) is 4.98 Å². The lowest BCUT2D eigenvalue weighted by atomic mass is 9.85. The van der Waals surface area contributed by atoms with E-state index in [9.17, 15) is 9.59 Å². The maximum absolute atomic E-state index is 12.0. The number of ether oxygens (including phenoxy) is 2. The molecular formula is C14H19NO4. The van der Waals surface area contributed by atoms with E-state index in [0.717, 1.165) is 0 Å². The second kappa shape index (κ2) is 6.87. The molecule has 0 aromatic carbocycles. The summed E-state index contributed by atoms with van der Waals surface area (Å²) in [6.07, 6.45) is 1.78. The van der Waals surface area contributed by atoms with Crippen LogP contribution in [0.1, 0.15) is 26.5 Å². The summed E-state index contributed by atoms with van der Waals surface area (Å²) in [5, 5.41) is 0. The van der Waals surface area contributed by atoms with Crippen LogP contribution in [0.3, 0.4) is 0 Å². The smallest absolute Gasteiger partial charge is 0.323 e. The van der Waals surface area contributed by atoms with Gasteiger partial charge in [0.25, 0.3) is 0 Å². The van der Waals surface area contributed by atoms with Gasteiger partial charge in [0.15, 0.2) is 5.41 Å². The van der Waals surface area contributed by atoms with Gasteiger partial charge in [-0.15, -0.1) is 0 Å². The Labute approximate surface area is 112 Å². The third-order valence-electron chi connectivity index (χ3n) is 2.71. The molecule has 104 valence electrons. The van der Waals surface area contributed by atoms with Crippen molar-refractivity contribution in [3.8, 4) is 0 Å². The summed E-state index contributed by atoms with van der Waals surface area (Å²) >= 11 is 0. The summed E-state index contributed by atoms with van der Waals surface area (Å²) in [5.74, 6) is -1.17. The third-order valence-corrected chi connectivity index (χ3v) is 2.71. The maximum atomic E-state index is 12.0. The van der Waals surface area contributed by atoms with Gasteiger partial charge in [0.2, 0.25) is 0 Å². The molecule has 0 aliphatic heterocycles. The molecule has 0 atom stereocenters. The van der Waals surface area contributed by atoms with Gasteiger partial charge in [-0.2, -0.15) is 0 Å². The monoisotopic (exact) mass is 265 g/mol. The van der Waals surface area contributed by atoms with Crippen LogP contribution in [0.2, 0.25) is 0 Å². The molecule has 1 aromatic rings. The Bertz CT molecular complexity index is 412. The molecule has 19 heavy (non-hydrogen) atoms. The van der Waals surface area contributed by atoms with Gasteiger partial charge >= 0.3 is 11.9 Å². The second-order valence-corrected chi connectivity index (χ2v) is 4.27. The SMILES string of the molecule is CCOC(=O)C(C)(Cc1ccccn1)C(=O)OCC. The Morgan fingerprint density at radius 2 is 1.74 bits per heavy atom. The van der Waals surface area contributed by atoms with Crippen molar-refractivity contribution in [1.29, 1.82) is 0 Å². The number of rotatable bonds is 6. The van der Waals surface area contributed by atoms with Crippen LogP contribution in [-0.2, 0) is 25.5 Å². The number of pyridine rings is 1. The fourth-order valence-electron chi connectivity index (χ4n) is 1.67. The lowest BCUT2D eigenvalue weighted by Crippen LogP contribution is -2.41. The van der Waals surface area contributed by atoms with Gasteiger partial charge in [-0.1, -0.05) is 6.07 Å². The van der Waals surface area contributed by atoms with Gasteiger partial charge in [-0.05, 0) is 32.9 Å². The van der Waals surface area contributed by atoms with Crippen molar-refractivity contribution in [2.75, 3.05) is 13.2 Å². The van der Waals surface area contributed by atoms with Crippen LogP contribution in [0.4, 0.5) is 0 Å². The first-order chi connectivity index (χ1) is 9.04. The number of carbonyl (C=O) groups excluding carboxylic acids is 2. The van der Waals surface area contributed by atoms with Gasteiger partial charge in [-0.3, -0.25) is 14.6 Å². The van der Waals surface area contributed by atoms with Gasteiger partial charge in [0.1, 0.15) is 0 Å². The predicted octanol–water partition coefficient (Wildman–Crippen LogP) is 1.76. The van der Waals surface area contributed by atoms with Crippen LogP contribution in [-0.4, -0.2) is 30.1 Å². The highest BCUT2D eigenvalue weighted by Crippen LogP contribution is 2.25. The molecule has 0 N–H and O–H groups in total. The van der Waals surface area contributed by atoms with E-state index < -0.39 is 17.4 Å². The number of carbonyl (C=O) groups is 2. The van der Waals surface area contributed by atoms with Crippen molar-refractivity contribution in [2.24, 2.45) is 5.41 Å². The Kier molecular flexibility index (Phi) is 5.48. The van der Waals surface area contributed by atoms with E-state index in [4.69, 9.17) is 9.47 Å². The molecule has 1 aromatic heterocycles. The summed E-state index contributed by atoms with van der Waals surface area (Å²) in [7, 11) is 0. The molecule has 0 bridgehead atoms. The minimum atomic E-state index is -1.36. The summed E-state index contributed by atoms with van der Waals surface area (Å²) < 4.78 is 9.96. The third kappa shape index (κ3) is 3.77. The van der Waals surface area contributed by atoms with Crippen LogP contribution < -0.4 is 0 Å². The Balaban J connectivity index is 2.98. The molecule has 0 radical (unpaired) electrons. The predicted molar refractivity (Wildman–Crippen MR) is 69.3 cm³/mol. The van der Waals surface area contributed by atoms with E-state index in [-0.39, 0.29) is 19.6 Å². The second-order valence-electron chi connectivity index (χ2n) is 4.27. The minimum Gasteiger partial charge on any atom is -0.465 e. The van der Waals surface area contributed by atoms with Crippen LogP contribution >= 0.6 is 0 Å². The average Bonchev–Trinajstić information content (AvgIpc) is 2.40. The molecule has 0 aliphatic rings. The molecule has 0 spiro atoms. The minimum absolute atomic E-state index is 0.158. The molecule has 5 heteroatoms. The molecule has 0 fully saturated rings. The first kappa shape index (κ1) is 15.1. The number of hydrogen-bond donors (Lipinski definition) is 0. The van der Waals surface area contributed by atoms with Crippen molar-refractivity contribution in [2.45, 2.75) is 27.2 Å². The molecule has 0 saturated carbocycles. The molecule has 1 rings (SSSR count). The summed E-state index contributed by atoms with van der Waals surface area (Å²) in [5.41, 5.74) is -0.716. The molecule has 0 amide bonds. The quantitative estimate of drug-likeness (QED) is 0.579. The number of esters is 2. The molecule has 0 aliphatic carbocycles. The van der Waals surface area contributed by atoms with Crippen molar-refractivity contribution < 1.29 is 19.1 Å². The van der Waals surface area contributed by atoms with Gasteiger partial charge in [0.05, 0.1) is 13.2 Å². The Morgan fingerprint density at radius 1 is 1.16 bits per heavy atom. The topological polar surface area (TPSA) is 65.5 Å². The van der Waals surface area contributed by atoms with Crippen molar-refractivity contribution in [1.82, 2.24) is 4.98 Å². The maximum Gasteiger partial charge on any atom is 0.323 e. The zero-order valence-corrected chi connectivity index (χ0v) is 11.5. The molecule has 0 unspecified atom stereocenters. The Hall–Kier alpha value is -1.91. The van der Waals surface area contributed by atoms with Crippen molar-refractivity contribution >= 4 is 11.9 Å². The lowest BCUT2D eigenvalue weighted by Gasteiger charge is -2.24. The molecule has 1 heterocycles. The van der Waals surface area contributed by atoms with Crippen LogP contribution in [0, 0.1) is 5.41 Å². The first-order valence-electron chi connectivity index (χ1n) is 6.29. The highest BCUT2D eigenvalue weighted by molar-refractivity contribution is 5.99. The molecule has 5 nitrogen and oxygen atoms in total. The average molecular weight is 265 g/mol. The van der Waals surface area contributed by atoms with E-state index in [1.807, 2.05) is 0 Å². The summed E-state index contributed by atoms with van der Waals surface area (Å²) in [6.45, 7) is 5.36. The molecular weight excluding hydrogens is 246 g/mol. The van der Waals surface area contributed by atoms with E-state index in [1.54, 1.807) is 38.2 Å². The summed E-state index contributed by atoms with van der Waals surface area (Å²) in [4.78, 5) is 28.2. The number of aromatic nitrogens is 1. The Morgan fingerprint density at radius 3 is 2.16 bits per heavy atom. The summed E-state index contributed by atoms with van der Waals surface area (Å²) in [6, 6.07) is 5.34. The van der Waals surface area contributed by atoms with E-state index in [0.29, 0.717) is 5.69 Å². The number of nitrogens with zero attached hydrogens (tertiary/aromatic N) is 1. The van der Waals surface area contributed by atoms with Crippen LogP contribution in [0.15, 0.2) is 24.4 Å². The van der Waals surface area contributed by atoms with Crippen molar-refractivity contribution in [3.05, 3.63) is 30.1 Å². The fourth-order valence-corrected chi connectivity index (χ4v) is 1.67. The normalized spacial score (nSPS) is 10.9. The molecule has 0 saturated heterocycles. The van der Waals surface area contributed by atoms with Crippen LogP contribution in [0.25, 0.3) is 0 Å². The largest absolute Gasteiger partial charge is 0.465 e. The highest BCUT2D eigenvalue weighted by Gasteiger charge is 2.44. The fraction of sp³-hybridized carbons (Fsp3) is 0.500. The zero-order chi connectivity index (χ0) is 14.3. The van der Waals surface area contributed by atoms with Gasteiger partial charge in [-0.25, -0.2) is 0 Å². The van der Waals surface area contributed by atoms with Crippen LogP contribution in [0.5, 0.6) is 0 Å².